The minimum absolute atomic E-state index is 0.103. The van der Waals surface area contributed by atoms with E-state index in [2.05, 4.69) is 0 Å². The molecule has 20 heavy (non-hydrogen) atoms. The number of benzene rings is 2. The first kappa shape index (κ1) is 12.7. The van der Waals surface area contributed by atoms with Crippen LogP contribution < -0.4 is 10.6 Å². The van der Waals surface area contributed by atoms with E-state index in [-0.39, 0.29) is 11.5 Å². The Hall–Kier alpha value is -2.36. The molecule has 1 aliphatic heterocycles. The zero-order valence-electron chi connectivity index (χ0n) is 11.2. The molecule has 2 aromatic carbocycles. The summed E-state index contributed by atoms with van der Waals surface area (Å²) in [7, 11) is 0. The zero-order valence-corrected chi connectivity index (χ0v) is 11.2. The first-order chi connectivity index (χ1) is 9.56. The Morgan fingerprint density at radius 1 is 1.25 bits per heavy atom. The second kappa shape index (κ2) is 4.63. The molecule has 2 aromatic rings. The van der Waals surface area contributed by atoms with Gasteiger partial charge in [-0.05, 0) is 48.7 Å². The van der Waals surface area contributed by atoms with E-state index < -0.39 is 5.82 Å². The van der Waals surface area contributed by atoms with Crippen LogP contribution in [0.5, 0.6) is 0 Å². The fourth-order valence-electron chi connectivity index (χ4n) is 2.55. The molecule has 0 spiro atoms. The van der Waals surface area contributed by atoms with Crippen LogP contribution in [-0.2, 0) is 6.42 Å². The average molecular weight is 270 g/mol. The van der Waals surface area contributed by atoms with Gasteiger partial charge in [-0.2, -0.15) is 0 Å². The lowest BCUT2D eigenvalue weighted by molar-refractivity contribution is 0.0985. The van der Waals surface area contributed by atoms with Gasteiger partial charge in [-0.15, -0.1) is 0 Å². The molecule has 1 aliphatic rings. The van der Waals surface area contributed by atoms with Gasteiger partial charge >= 0.3 is 0 Å². The van der Waals surface area contributed by atoms with Crippen LogP contribution in [0.15, 0.2) is 36.4 Å². The topological polar surface area (TPSA) is 46.3 Å². The number of rotatable bonds is 1. The summed E-state index contributed by atoms with van der Waals surface area (Å²) < 4.78 is 13.9. The summed E-state index contributed by atoms with van der Waals surface area (Å²) >= 11 is 0. The Bertz CT molecular complexity index is 697. The molecule has 2 N–H and O–H groups in total. The van der Waals surface area contributed by atoms with E-state index in [9.17, 15) is 9.18 Å². The van der Waals surface area contributed by atoms with E-state index >= 15 is 0 Å². The third kappa shape index (κ3) is 2.03. The number of amides is 1. The minimum Gasteiger partial charge on any atom is -0.399 e. The van der Waals surface area contributed by atoms with Crippen LogP contribution in [0.3, 0.4) is 0 Å². The van der Waals surface area contributed by atoms with Crippen LogP contribution in [-0.4, -0.2) is 12.5 Å². The molecule has 1 heterocycles. The van der Waals surface area contributed by atoms with Gasteiger partial charge in [0.1, 0.15) is 5.82 Å². The van der Waals surface area contributed by atoms with E-state index in [0.29, 0.717) is 12.2 Å². The first-order valence-electron chi connectivity index (χ1n) is 6.52. The van der Waals surface area contributed by atoms with E-state index in [0.717, 1.165) is 23.2 Å². The molecule has 0 saturated heterocycles. The summed E-state index contributed by atoms with van der Waals surface area (Å²) in [5, 5.41) is 0. The van der Waals surface area contributed by atoms with Crippen molar-refractivity contribution in [3.05, 3.63) is 58.9 Å². The molecule has 0 atom stereocenters. The molecule has 0 aliphatic carbocycles. The molecule has 0 unspecified atom stereocenters. The molecular weight excluding hydrogens is 255 g/mol. The molecule has 3 nitrogen and oxygen atoms in total. The van der Waals surface area contributed by atoms with Gasteiger partial charge in [0.2, 0.25) is 0 Å². The van der Waals surface area contributed by atoms with Crippen LogP contribution >= 0.6 is 0 Å². The van der Waals surface area contributed by atoms with Gasteiger partial charge < -0.3 is 10.6 Å². The van der Waals surface area contributed by atoms with E-state index in [1.807, 2.05) is 12.1 Å². The summed E-state index contributed by atoms with van der Waals surface area (Å²) in [4.78, 5) is 14.1. The van der Waals surface area contributed by atoms with E-state index in [1.165, 1.54) is 12.1 Å². The molecule has 102 valence electrons. The van der Waals surface area contributed by atoms with Gasteiger partial charge in [-0.1, -0.05) is 12.1 Å². The number of nitrogen functional groups attached to an aromatic ring is 1. The normalized spacial score (nSPS) is 13.4. The SMILES string of the molecule is Cc1ccc(C(=O)N2CCc3ccc(N)cc32)c(F)c1. The first-order valence-corrected chi connectivity index (χ1v) is 6.52. The van der Waals surface area contributed by atoms with Crippen molar-refractivity contribution in [2.45, 2.75) is 13.3 Å². The van der Waals surface area contributed by atoms with Gasteiger partial charge in [-0.3, -0.25) is 4.79 Å². The van der Waals surface area contributed by atoms with Crippen molar-refractivity contribution in [1.82, 2.24) is 0 Å². The third-order valence-corrected chi connectivity index (χ3v) is 3.61. The number of fused-ring (bicyclic) bond motifs is 1. The number of hydrogen-bond acceptors (Lipinski definition) is 2. The van der Waals surface area contributed by atoms with Gasteiger partial charge in [0.05, 0.1) is 5.56 Å². The lowest BCUT2D eigenvalue weighted by atomic mass is 10.1. The molecule has 3 rings (SSSR count). The molecule has 0 fully saturated rings. The van der Waals surface area contributed by atoms with Gasteiger partial charge in [0, 0.05) is 17.9 Å². The summed E-state index contributed by atoms with van der Waals surface area (Å²) in [5.41, 5.74) is 9.13. The smallest absolute Gasteiger partial charge is 0.261 e. The van der Waals surface area contributed by atoms with Crippen molar-refractivity contribution >= 4 is 17.3 Å². The van der Waals surface area contributed by atoms with Gasteiger partial charge in [-0.25, -0.2) is 4.39 Å². The highest BCUT2D eigenvalue weighted by molar-refractivity contribution is 6.07. The second-order valence-corrected chi connectivity index (χ2v) is 5.08. The highest BCUT2D eigenvalue weighted by atomic mass is 19.1. The molecule has 1 amide bonds. The Labute approximate surface area is 116 Å². The van der Waals surface area contributed by atoms with Crippen molar-refractivity contribution in [3.8, 4) is 0 Å². The maximum absolute atomic E-state index is 13.9. The number of carbonyl (C=O) groups is 1. The predicted molar refractivity (Wildman–Crippen MR) is 77.4 cm³/mol. The van der Waals surface area contributed by atoms with Crippen LogP contribution in [0.2, 0.25) is 0 Å². The predicted octanol–water partition coefficient (Wildman–Crippen LogP) is 2.92. The average Bonchev–Trinajstić information content (AvgIpc) is 2.81. The zero-order chi connectivity index (χ0) is 14.3. The minimum atomic E-state index is -0.479. The highest BCUT2D eigenvalue weighted by Gasteiger charge is 2.27. The number of aryl methyl sites for hydroxylation is 1. The molecule has 0 saturated carbocycles. The lowest BCUT2D eigenvalue weighted by Gasteiger charge is -2.18. The Kier molecular flexibility index (Phi) is 2.93. The van der Waals surface area contributed by atoms with Gasteiger partial charge in [0.25, 0.3) is 5.91 Å². The second-order valence-electron chi connectivity index (χ2n) is 5.08. The van der Waals surface area contributed by atoms with Gasteiger partial charge in [0.15, 0.2) is 0 Å². The number of carbonyl (C=O) groups excluding carboxylic acids is 1. The van der Waals surface area contributed by atoms with Crippen LogP contribution in [0.1, 0.15) is 21.5 Å². The molecule has 0 bridgehead atoms. The summed E-state index contributed by atoms with van der Waals surface area (Å²) in [6.45, 7) is 2.36. The largest absolute Gasteiger partial charge is 0.399 e. The quantitative estimate of drug-likeness (QED) is 0.810. The fourth-order valence-corrected chi connectivity index (χ4v) is 2.55. The monoisotopic (exact) mass is 270 g/mol. The maximum Gasteiger partial charge on any atom is 0.261 e. The van der Waals surface area contributed by atoms with Crippen LogP contribution in [0.4, 0.5) is 15.8 Å². The summed E-state index contributed by atoms with van der Waals surface area (Å²) in [6.07, 6.45) is 0.773. The van der Waals surface area contributed by atoms with E-state index in [1.54, 1.807) is 24.0 Å². The number of nitrogens with two attached hydrogens (primary N) is 1. The molecule has 0 radical (unpaired) electrons. The number of nitrogens with zero attached hydrogens (tertiary/aromatic N) is 1. The Balaban J connectivity index is 1.99. The summed E-state index contributed by atoms with van der Waals surface area (Å²) in [6, 6.07) is 10.2. The number of hydrogen-bond donors (Lipinski definition) is 1. The number of halogens is 1. The highest BCUT2D eigenvalue weighted by Crippen LogP contribution is 2.31. The molecule has 4 heteroatoms. The third-order valence-electron chi connectivity index (χ3n) is 3.61. The van der Waals surface area contributed by atoms with E-state index in [4.69, 9.17) is 5.73 Å². The fraction of sp³-hybridized carbons (Fsp3) is 0.188. The maximum atomic E-state index is 13.9. The van der Waals surface area contributed by atoms with Crippen molar-refractivity contribution in [2.75, 3.05) is 17.2 Å². The van der Waals surface area contributed by atoms with Crippen molar-refractivity contribution in [2.24, 2.45) is 0 Å². The lowest BCUT2D eigenvalue weighted by Crippen LogP contribution is -2.29. The van der Waals surface area contributed by atoms with Crippen molar-refractivity contribution in [1.29, 1.82) is 0 Å². The molecular formula is C16H15FN2O. The Morgan fingerprint density at radius 3 is 2.80 bits per heavy atom. The standard InChI is InChI=1S/C16H15FN2O/c1-10-2-5-13(14(17)8-10)16(20)19-7-6-11-3-4-12(18)9-15(11)19/h2-5,8-9H,6-7,18H2,1H3. The van der Waals surface area contributed by atoms with Crippen molar-refractivity contribution in [3.63, 3.8) is 0 Å². The van der Waals surface area contributed by atoms with Crippen LogP contribution in [0, 0.1) is 12.7 Å². The number of anilines is 2. The summed E-state index contributed by atoms with van der Waals surface area (Å²) in [5.74, 6) is -0.792. The molecule has 0 aromatic heterocycles. The van der Waals surface area contributed by atoms with Crippen molar-refractivity contribution < 1.29 is 9.18 Å². The Morgan fingerprint density at radius 2 is 2.05 bits per heavy atom. The van der Waals surface area contributed by atoms with Crippen LogP contribution in [0.25, 0.3) is 0 Å².